The Labute approximate surface area is 134 Å². The standard InChI is InChI=1S/C11H20.2Y/c1-6-7-8-9-11(4,5)10(2)3;;/h8,10H,1,7,9H2,2-5H3;;/q-2;;. The summed E-state index contributed by atoms with van der Waals surface area (Å²) in [5, 5.41) is 0. The van der Waals surface area contributed by atoms with Crippen LogP contribution in [0.1, 0.15) is 40.5 Å². The van der Waals surface area contributed by atoms with Crippen LogP contribution in [-0.2, 0) is 65.4 Å². The molecule has 0 saturated heterocycles. The van der Waals surface area contributed by atoms with Gasteiger partial charge in [0.2, 0.25) is 0 Å². The fourth-order valence-electron chi connectivity index (χ4n) is 0.782. The van der Waals surface area contributed by atoms with Crippen LogP contribution < -0.4 is 0 Å². The first-order valence-corrected chi connectivity index (χ1v) is 4.32. The van der Waals surface area contributed by atoms with Gasteiger partial charge in [0, 0.05) is 65.4 Å². The van der Waals surface area contributed by atoms with Crippen molar-refractivity contribution in [3.63, 3.8) is 0 Å². The van der Waals surface area contributed by atoms with Gasteiger partial charge in [-0.3, -0.25) is 6.58 Å². The van der Waals surface area contributed by atoms with Gasteiger partial charge in [0.25, 0.3) is 0 Å². The molecule has 0 N–H and O–H groups in total. The van der Waals surface area contributed by atoms with Gasteiger partial charge in [-0.1, -0.05) is 33.1 Å². The molecular formula is C11H20Y2-2. The third-order valence-electron chi connectivity index (χ3n) is 2.52. The number of unbranched alkanes of at least 4 members (excludes halogenated alkanes) is 1. The molecule has 72 valence electrons. The minimum Gasteiger partial charge on any atom is -0.534 e. The Morgan fingerprint density at radius 3 is 2.08 bits per heavy atom. The smallest absolute Gasteiger partial charge is 0 e. The Kier molecular flexibility index (Phi) is 16.4. The maximum absolute atomic E-state index is 3.57. The van der Waals surface area contributed by atoms with E-state index in [0.29, 0.717) is 5.41 Å². The fourth-order valence-corrected chi connectivity index (χ4v) is 0.782. The van der Waals surface area contributed by atoms with Crippen LogP contribution in [0, 0.1) is 23.8 Å². The molecule has 0 fully saturated rings. The molecule has 0 aromatic heterocycles. The van der Waals surface area contributed by atoms with E-state index in [1.54, 1.807) is 0 Å². The van der Waals surface area contributed by atoms with Gasteiger partial charge in [-0.25, -0.2) is 0 Å². The van der Waals surface area contributed by atoms with Crippen LogP contribution in [0.25, 0.3) is 0 Å². The Balaban J connectivity index is -0.000000500. The molecule has 0 spiro atoms. The van der Waals surface area contributed by atoms with Gasteiger partial charge >= 0.3 is 0 Å². The van der Waals surface area contributed by atoms with Crippen LogP contribution in [0.4, 0.5) is 0 Å². The van der Waals surface area contributed by atoms with Crippen molar-refractivity contribution in [2.45, 2.75) is 40.5 Å². The molecule has 0 nitrogen and oxygen atoms in total. The van der Waals surface area contributed by atoms with E-state index in [1.807, 2.05) is 0 Å². The topological polar surface area (TPSA) is 0 Å². The van der Waals surface area contributed by atoms with Gasteiger partial charge < -0.3 is 18.9 Å². The molecule has 0 atom stereocenters. The molecular weight excluding hydrogens is 310 g/mol. The summed E-state index contributed by atoms with van der Waals surface area (Å²) in [6.07, 6.45) is 7.20. The van der Waals surface area contributed by atoms with Gasteiger partial charge in [-0.2, -0.15) is 6.42 Å². The number of hydrogen-bond acceptors (Lipinski definition) is 0. The zero-order chi connectivity index (χ0) is 8.91. The molecule has 0 bridgehead atoms. The summed E-state index contributed by atoms with van der Waals surface area (Å²) >= 11 is 0. The zero-order valence-electron chi connectivity index (χ0n) is 9.43. The molecule has 0 heterocycles. The van der Waals surface area contributed by atoms with Crippen molar-refractivity contribution >= 4 is 0 Å². The van der Waals surface area contributed by atoms with Crippen LogP contribution in [-0.4, -0.2) is 0 Å². The molecule has 0 rings (SSSR count). The maximum Gasteiger partial charge on any atom is 0 e. The molecule has 0 aliphatic heterocycles. The number of hydrogen-bond donors (Lipinski definition) is 0. The van der Waals surface area contributed by atoms with Crippen LogP contribution in [0.3, 0.4) is 0 Å². The van der Waals surface area contributed by atoms with E-state index in [1.165, 1.54) is 0 Å². The molecule has 0 saturated carbocycles. The average Bonchev–Trinajstić information content (AvgIpc) is 1.88. The number of allylic oxidation sites excluding steroid dienone is 1. The summed E-state index contributed by atoms with van der Waals surface area (Å²) in [5.41, 5.74) is 0.427. The SMILES string of the molecule is C=[C-]C[CH-]CC(C)(C)C(C)C.[Y].[Y]. The van der Waals surface area contributed by atoms with E-state index in [4.69, 9.17) is 0 Å². The van der Waals surface area contributed by atoms with Crippen molar-refractivity contribution in [1.29, 1.82) is 0 Å². The largest absolute Gasteiger partial charge is 0.534 e. The quantitative estimate of drug-likeness (QED) is 0.533. The first-order chi connectivity index (χ1) is 5.00. The van der Waals surface area contributed by atoms with Crippen molar-refractivity contribution in [3.8, 4) is 0 Å². The fraction of sp³-hybridized carbons (Fsp3) is 0.727. The van der Waals surface area contributed by atoms with Gasteiger partial charge in [-0.05, 0) is 5.92 Å². The molecule has 2 heteroatoms. The van der Waals surface area contributed by atoms with Crippen molar-refractivity contribution < 1.29 is 65.4 Å². The summed E-state index contributed by atoms with van der Waals surface area (Å²) in [6.45, 7) is 12.7. The van der Waals surface area contributed by atoms with Gasteiger partial charge in [-0.15, -0.1) is 0 Å². The molecule has 0 aromatic carbocycles. The Morgan fingerprint density at radius 1 is 1.31 bits per heavy atom. The van der Waals surface area contributed by atoms with Gasteiger partial charge in [0.1, 0.15) is 0 Å². The molecule has 0 aliphatic carbocycles. The second kappa shape index (κ2) is 10.5. The molecule has 0 unspecified atom stereocenters. The van der Waals surface area contributed by atoms with E-state index in [9.17, 15) is 0 Å². The minimum atomic E-state index is 0. The van der Waals surface area contributed by atoms with Gasteiger partial charge in [0.05, 0.1) is 0 Å². The Hall–Kier alpha value is 1.95. The maximum atomic E-state index is 3.57. The van der Waals surface area contributed by atoms with Crippen LogP contribution in [0.5, 0.6) is 0 Å². The normalized spacial score (nSPS) is 10.2. The van der Waals surface area contributed by atoms with Crippen molar-refractivity contribution in [2.24, 2.45) is 11.3 Å². The van der Waals surface area contributed by atoms with E-state index >= 15 is 0 Å². The Morgan fingerprint density at radius 2 is 1.77 bits per heavy atom. The first-order valence-electron chi connectivity index (χ1n) is 4.32. The summed E-state index contributed by atoms with van der Waals surface area (Å²) < 4.78 is 0. The van der Waals surface area contributed by atoms with Crippen LogP contribution in [0.15, 0.2) is 6.58 Å². The second-order valence-electron chi connectivity index (χ2n) is 4.09. The van der Waals surface area contributed by atoms with E-state index in [-0.39, 0.29) is 65.4 Å². The minimum absolute atomic E-state index is 0. The summed E-state index contributed by atoms with van der Waals surface area (Å²) in [6, 6.07) is 0. The Bertz CT molecular complexity index is 117. The third kappa shape index (κ3) is 10.2. The molecule has 13 heavy (non-hydrogen) atoms. The monoisotopic (exact) mass is 330 g/mol. The molecule has 0 aliphatic rings. The van der Waals surface area contributed by atoms with E-state index in [0.717, 1.165) is 18.8 Å². The predicted octanol–water partition coefficient (Wildman–Crippen LogP) is 3.64. The van der Waals surface area contributed by atoms with Crippen LogP contribution in [0.2, 0.25) is 0 Å². The molecule has 2 radical (unpaired) electrons. The third-order valence-corrected chi connectivity index (χ3v) is 2.52. The predicted molar refractivity (Wildman–Crippen MR) is 51.0 cm³/mol. The van der Waals surface area contributed by atoms with E-state index in [2.05, 4.69) is 46.8 Å². The molecule has 0 aromatic rings. The summed E-state index contributed by atoms with van der Waals surface area (Å²) in [4.78, 5) is 0. The van der Waals surface area contributed by atoms with Crippen molar-refractivity contribution in [1.82, 2.24) is 0 Å². The summed E-state index contributed by atoms with van der Waals surface area (Å²) in [5.74, 6) is 0.739. The number of rotatable bonds is 5. The van der Waals surface area contributed by atoms with Crippen molar-refractivity contribution in [2.75, 3.05) is 0 Å². The zero-order valence-corrected chi connectivity index (χ0v) is 15.1. The van der Waals surface area contributed by atoms with Crippen molar-refractivity contribution in [3.05, 3.63) is 19.1 Å². The first kappa shape index (κ1) is 20.4. The van der Waals surface area contributed by atoms with E-state index < -0.39 is 0 Å². The summed E-state index contributed by atoms with van der Waals surface area (Å²) in [7, 11) is 0. The van der Waals surface area contributed by atoms with Crippen LogP contribution >= 0.6 is 0 Å². The second-order valence-corrected chi connectivity index (χ2v) is 4.09. The average molecular weight is 330 g/mol. The molecule has 0 amide bonds. The van der Waals surface area contributed by atoms with Gasteiger partial charge in [0.15, 0.2) is 0 Å².